The van der Waals surface area contributed by atoms with Crippen LogP contribution < -0.4 is 14.8 Å². The number of carbonyl (C=O) groups is 1. The summed E-state index contributed by atoms with van der Waals surface area (Å²) in [6.45, 7) is 1.94. The maximum absolute atomic E-state index is 13.3. The number of aromatic nitrogens is 3. The maximum Gasteiger partial charge on any atom is 0.408 e. The Morgan fingerprint density at radius 1 is 1.23 bits per heavy atom. The van der Waals surface area contributed by atoms with Gasteiger partial charge in [-0.2, -0.15) is 13.2 Å². The summed E-state index contributed by atoms with van der Waals surface area (Å²) in [5.41, 5.74) is 2.05. The molecule has 156 valence electrons. The average Bonchev–Trinajstić information content (AvgIpc) is 3.24. The van der Waals surface area contributed by atoms with Crippen LogP contribution in [0.4, 0.5) is 13.2 Å². The van der Waals surface area contributed by atoms with Crippen molar-refractivity contribution < 1.29 is 27.4 Å². The minimum Gasteiger partial charge on any atom is -0.454 e. The summed E-state index contributed by atoms with van der Waals surface area (Å²) in [5, 5.41) is 2.11. The Morgan fingerprint density at radius 2 is 2.00 bits per heavy atom. The minimum absolute atomic E-state index is 0.137. The number of alkyl halides is 3. The van der Waals surface area contributed by atoms with Gasteiger partial charge < -0.3 is 14.8 Å². The first-order chi connectivity index (χ1) is 14.3. The molecule has 1 unspecified atom stereocenters. The molecule has 3 aromatic rings. The molecule has 30 heavy (non-hydrogen) atoms. The van der Waals surface area contributed by atoms with E-state index in [0.717, 1.165) is 11.3 Å². The monoisotopic (exact) mass is 418 g/mol. The number of amides is 1. The topological polar surface area (TPSA) is 77.8 Å². The van der Waals surface area contributed by atoms with Gasteiger partial charge in [0.15, 0.2) is 22.8 Å². The number of hydrogen-bond donors (Lipinski definition) is 1. The molecular weight excluding hydrogens is 401 g/mol. The molecule has 1 N–H and O–H groups in total. The molecule has 5 rings (SSSR count). The zero-order chi connectivity index (χ0) is 21.0. The van der Waals surface area contributed by atoms with Gasteiger partial charge in [-0.05, 0) is 49.9 Å². The smallest absolute Gasteiger partial charge is 0.408 e. The molecule has 2 aliphatic rings. The lowest BCUT2D eigenvalue weighted by molar-refractivity contribution is -0.158. The molecule has 1 saturated carbocycles. The Bertz CT molecular complexity index is 1150. The predicted octanol–water partition coefficient (Wildman–Crippen LogP) is 3.50. The number of imidazole rings is 1. The largest absolute Gasteiger partial charge is 0.454 e. The third kappa shape index (κ3) is 3.21. The number of aryl methyl sites for hydroxylation is 1. The van der Waals surface area contributed by atoms with E-state index in [1.165, 1.54) is 6.33 Å². The number of nitrogens with zero attached hydrogens (tertiary/aromatic N) is 3. The molecule has 2 aromatic heterocycles. The molecule has 1 aliphatic carbocycles. The first kappa shape index (κ1) is 18.7. The lowest BCUT2D eigenvalue weighted by Crippen LogP contribution is -2.47. The number of carbonyl (C=O) groups excluding carboxylic acids is 1. The lowest BCUT2D eigenvalue weighted by atomic mass is 10.1. The molecule has 0 radical (unpaired) electrons. The summed E-state index contributed by atoms with van der Waals surface area (Å²) < 4.78 is 52.2. The highest BCUT2D eigenvalue weighted by Gasteiger charge is 2.50. The fourth-order valence-corrected chi connectivity index (χ4v) is 3.59. The summed E-state index contributed by atoms with van der Waals surface area (Å²) in [5.74, 6) is -0.266. The van der Waals surface area contributed by atoms with Gasteiger partial charge in [0.05, 0.1) is 5.69 Å². The standard InChI is InChI=1S/C20H17F3N4O3/c1-10-6-13(12-4-5-14-15(7-12)30-9-29-14)25-18-16(24-8-27(10)18)19(28)26-17(11-2-3-11)20(21,22)23/h4-8,11,17H,2-3,9H2,1H3,(H,26,28). The van der Waals surface area contributed by atoms with Crippen LogP contribution in [-0.4, -0.2) is 39.3 Å². The number of benzene rings is 1. The van der Waals surface area contributed by atoms with E-state index >= 15 is 0 Å². The third-order valence-corrected chi connectivity index (χ3v) is 5.31. The van der Waals surface area contributed by atoms with Gasteiger partial charge in [-0.1, -0.05) is 0 Å². The zero-order valence-corrected chi connectivity index (χ0v) is 15.9. The van der Waals surface area contributed by atoms with Crippen LogP contribution in [0.25, 0.3) is 16.9 Å². The molecule has 0 saturated heterocycles. The van der Waals surface area contributed by atoms with Crippen LogP contribution in [0.1, 0.15) is 29.0 Å². The summed E-state index contributed by atoms with van der Waals surface area (Å²) >= 11 is 0. The molecule has 10 heteroatoms. The van der Waals surface area contributed by atoms with Crippen molar-refractivity contribution in [3.8, 4) is 22.8 Å². The van der Waals surface area contributed by atoms with Gasteiger partial charge in [-0.3, -0.25) is 9.20 Å². The average molecular weight is 418 g/mol. The Labute approximate surface area is 168 Å². The van der Waals surface area contributed by atoms with Crippen molar-refractivity contribution in [3.63, 3.8) is 0 Å². The van der Waals surface area contributed by atoms with Crippen molar-refractivity contribution in [2.75, 3.05) is 6.79 Å². The van der Waals surface area contributed by atoms with Crippen molar-refractivity contribution in [3.05, 3.63) is 42.0 Å². The van der Waals surface area contributed by atoms with Crippen LogP contribution in [0.2, 0.25) is 0 Å². The quantitative estimate of drug-likeness (QED) is 0.702. The molecule has 0 spiro atoms. The Balaban J connectivity index is 1.51. The van der Waals surface area contributed by atoms with Crippen LogP contribution in [-0.2, 0) is 0 Å². The summed E-state index contributed by atoms with van der Waals surface area (Å²) in [4.78, 5) is 21.2. The van der Waals surface area contributed by atoms with E-state index < -0.39 is 24.0 Å². The van der Waals surface area contributed by atoms with E-state index in [-0.39, 0.29) is 18.1 Å². The predicted molar refractivity (Wildman–Crippen MR) is 99.3 cm³/mol. The lowest BCUT2D eigenvalue weighted by Gasteiger charge is -2.20. The third-order valence-electron chi connectivity index (χ3n) is 5.31. The van der Waals surface area contributed by atoms with Gasteiger partial charge in [0.25, 0.3) is 5.91 Å². The molecule has 1 aliphatic heterocycles. The second-order valence-electron chi connectivity index (χ2n) is 7.47. The number of halogens is 3. The van der Waals surface area contributed by atoms with Gasteiger partial charge in [0, 0.05) is 11.3 Å². The van der Waals surface area contributed by atoms with Gasteiger partial charge >= 0.3 is 6.18 Å². The van der Waals surface area contributed by atoms with Crippen LogP contribution in [0.5, 0.6) is 11.5 Å². The van der Waals surface area contributed by atoms with Gasteiger partial charge in [-0.25, -0.2) is 9.97 Å². The fourth-order valence-electron chi connectivity index (χ4n) is 3.59. The van der Waals surface area contributed by atoms with Gasteiger partial charge in [-0.15, -0.1) is 0 Å². The number of hydrogen-bond acceptors (Lipinski definition) is 5. The molecule has 1 amide bonds. The number of nitrogens with one attached hydrogen (secondary N) is 1. The van der Waals surface area contributed by atoms with E-state index in [9.17, 15) is 18.0 Å². The number of rotatable bonds is 4. The second-order valence-corrected chi connectivity index (χ2v) is 7.47. The number of fused-ring (bicyclic) bond motifs is 2. The molecule has 1 atom stereocenters. The van der Waals surface area contributed by atoms with E-state index in [0.29, 0.717) is 30.0 Å². The zero-order valence-electron chi connectivity index (χ0n) is 15.9. The van der Waals surface area contributed by atoms with Crippen LogP contribution in [0.15, 0.2) is 30.6 Å². The highest BCUT2D eigenvalue weighted by atomic mass is 19.4. The highest BCUT2D eigenvalue weighted by Crippen LogP contribution is 2.40. The van der Waals surface area contributed by atoms with Crippen LogP contribution in [0, 0.1) is 12.8 Å². The number of ether oxygens (including phenoxy) is 2. The van der Waals surface area contributed by atoms with E-state index in [4.69, 9.17) is 9.47 Å². The first-order valence-electron chi connectivity index (χ1n) is 9.43. The highest BCUT2D eigenvalue weighted by molar-refractivity contribution is 5.98. The van der Waals surface area contributed by atoms with Gasteiger partial charge in [0.1, 0.15) is 12.4 Å². The second kappa shape index (κ2) is 6.61. The van der Waals surface area contributed by atoms with Crippen molar-refractivity contribution in [2.24, 2.45) is 5.92 Å². The van der Waals surface area contributed by atoms with Gasteiger partial charge in [0.2, 0.25) is 6.79 Å². The van der Waals surface area contributed by atoms with Crippen molar-refractivity contribution in [2.45, 2.75) is 32.0 Å². The fraction of sp³-hybridized carbons (Fsp3) is 0.350. The minimum atomic E-state index is -4.51. The van der Waals surface area contributed by atoms with E-state index in [1.807, 2.05) is 0 Å². The summed E-state index contributed by atoms with van der Waals surface area (Å²) in [6, 6.07) is 5.25. The van der Waals surface area contributed by atoms with E-state index in [2.05, 4.69) is 15.3 Å². The van der Waals surface area contributed by atoms with Crippen molar-refractivity contribution >= 4 is 11.6 Å². The Kier molecular flexibility index (Phi) is 4.12. The van der Waals surface area contributed by atoms with Crippen LogP contribution in [0.3, 0.4) is 0 Å². The molecule has 0 bridgehead atoms. The SMILES string of the molecule is Cc1cc(-c2ccc3c(c2)OCO3)nc2c(C(=O)NC(C3CC3)C(F)(F)F)ncn12. The summed E-state index contributed by atoms with van der Waals surface area (Å²) in [7, 11) is 0. The molecule has 1 aromatic carbocycles. The molecule has 1 fully saturated rings. The molecule has 3 heterocycles. The van der Waals surface area contributed by atoms with Crippen molar-refractivity contribution in [1.82, 2.24) is 19.7 Å². The maximum atomic E-state index is 13.3. The summed E-state index contributed by atoms with van der Waals surface area (Å²) in [6.07, 6.45) is -2.23. The normalized spacial score (nSPS) is 16.7. The van der Waals surface area contributed by atoms with Crippen LogP contribution >= 0.6 is 0 Å². The first-order valence-corrected chi connectivity index (χ1v) is 9.43. The van der Waals surface area contributed by atoms with Crippen molar-refractivity contribution in [1.29, 1.82) is 0 Å². The molecule has 7 nitrogen and oxygen atoms in total. The molecular formula is C20H17F3N4O3. The Hall–Kier alpha value is -3.30. The van der Waals surface area contributed by atoms with E-state index in [1.54, 1.807) is 35.6 Å². The Morgan fingerprint density at radius 3 is 2.73 bits per heavy atom.